The zero-order valence-electron chi connectivity index (χ0n) is 9.55. The highest BCUT2D eigenvalue weighted by Crippen LogP contribution is 2.26. The van der Waals surface area contributed by atoms with Crippen molar-refractivity contribution in [1.29, 1.82) is 0 Å². The smallest absolute Gasteiger partial charge is 0.342 e. The van der Waals surface area contributed by atoms with Gasteiger partial charge in [0.05, 0.1) is 6.20 Å². The van der Waals surface area contributed by atoms with Crippen LogP contribution in [0.2, 0.25) is 0 Å². The molecule has 1 aromatic heterocycles. The Morgan fingerprint density at radius 1 is 1.33 bits per heavy atom. The van der Waals surface area contributed by atoms with Crippen molar-refractivity contribution in [3.8, 4) is 11.5 Å². The summed E-state index contributed by atoms with van der Waals surface area (Å²) >= 11 is 0. The lowest BCUT2D eigenvalue weighted by Crippen LogP contribution is -2.03. The van der Waals surface area contributed by atoms with Crippen LogP contribution in [0, 0.1) is 12.7 Å². The Hall–Kier alpha value is -2.43. The number of aromatic carboxylic acids is 1. The highest BCUT2D eigenvalue weighted by molar-refractivity contribution is 5.91. The minimum absolute atomic E-state index is 0.0480. The molecule has 1 N–H and O–H groups in total. The Bertz CT molecular complexity index is 581. The van der Waals surface area contributed by atoms with Crippen LogP contribution in [-0.4, -0.2) is 16.1 Å². The molecule has 5 heteroatoms. The molecule has 0 radical (unpaired) electrons. The van der Waals surface area contributed by atoms with Crippen molar-refractivity contribution in [2.24, 2.45) is 0 Å². The van der Waals surface area contributed by atoms with E-state index in [0.717, 1.165) is 11.8 Å². The summed E-state index contributed by atoms with van der Waals surface area (Å²) in [4.78, 5) is 15.0. The predicted octanol–water partition coefficient (Wildman–Crippen LogP) is 3.02. The molecular formula is C13H10FNO3. The van der Waals surface area contributed by atoms with Gasteiger partial charge in [-0.05, 0) is 31.2 Å². The molecule has 0 aliphatic carbocycles. The third-order valence-corrected chi connectivity index (χ3v) is 2.30. The van der Waals surface area contributed by atoms with Crippen molar-refractivity contribution in [2.45, 2.75) is 6.92 Å². The molecule has 0 saturated heterocycles. The number of hydrogen-bond acceptors (Lipinski definition) is 3. The first kappa shape index (κ1) is 12.0. The normalized spacial score (nSPS) is 10.1. The molecule has 0 atom stereocenters. The van der Waals surface area contributed by atoms with Gasteiger partial charge in [-0.25, -0.2) is 9.18 Å². The van der Waals surface area contributed by atoms with Gasteiger partial charge >= 0.3 is 5.97 Å². The van der Waals surface area contributed by atoms with E-state index in [1.54, 1.807) is 12.1 Å². The first-order chi connectivity index (χ1) is 8.58. The van der Waals surface area contributed by atoms with E-state index in [0.29, 0.717) is 5.75 Å². The van der Waals surface area contributed by atoms with Gasteiger partial charge < -0.3 is 9.84 Å². The van der Waals surface area contributed by atoms with Crippen LogP contribution in [0.3, 0.4) is 0 Å². The molecule has 92 valence electrons. The number of ether oxygens (including phenoxy) is 1. The van der Waals surface area contributed by atoms with E-state index in [9.17, 15) is 9.18 Å². The Labute approximate surface area is 103 Å². The summed E-state index contributed by atoms with van der Waals surface area (Å²) in [6.45, 7) is 1.81. The fourth-order valence-corrected chi connectivity index (χ4v) is 1.44. The van der Waals surface area contributed by atoms with E-state index in [2.05, 4.69) is 4.98 Å². The summed E-state index contributed by atoms with van der Waals surface area (Å²) in [7, 11) is 0. The van der Waals surface area contributed by atoms with E-state index in [1.807, 2.05) is 6.92 Å². The maximum atomic E-state index is 13.4. The van der Waals surface area contributed by atoms with Crippen molar-refractivity contribution >= 4 is 5.97 Å². The zero-order valence-corrected chi connectivity index (χ0v) is 9.55. The third-order valence-electron chi connectivity index (χ3n) is 2.30. The van der Waals surface area contributed by atoms with Crippen LogP contribution in [0.15, 0.2) is 36.5 Å². The SMILES string of the molecule is Cc1ccc(Oc2cccc(F)c2C(=O)O)cn1. The molecule has 0 spiro atoms. The number of halogens is 1. The first-order valence-corrected chi connectivity index (χ1v) is 5.20. The quantitative estimate of drug-likeness (QED) is 0.905. The number of nitrogens with zero attached hydrogens (tertiary/aromatic N) is 1. The highest BCUT2D eigenvalue weighted by atomic mass is 19.1. The summed E-state index contributed by atoms with van der Waals surface area (Å²) in [6.07, 6.45) is 1.45. The van der Waals surface area contributed by atoms with Crippen LogP contribution in [0.5, 0.6) is 11.5 Å². The predicted molar refractivity (Wildman–Crippen MR) is 62.4 cm³/mol. The molecule has 0 fully saturated rings. The van der Waals surface area contributed by atoms with Crippen LogP contribution in [0.4, 0.5) is 4.39 Å². The van der Waals surface area contributed by atoms with Gasteiger partial charge in [-0.1, -0.05) is 6.07 Å². The maximum Gasteiger partial charge on any atom is 0.342 e. The van der Waals surface area contributed by atoms with Crippen LogP contribution in [0.25, 0.3) is 0 Å². The van der Waals surface area contributed by atoms with Crippen LogP contribution in [-0.2, 0) is 0 Å². The van der Waals surface area contributed by atoms with Crippen LogP contribution in [0.1, 0.15) is 16.1 Å². The second kappa shape index (κ2) is 4.83. The topological polar surface area (TPSA) is 59.4 Å². The monoisotopic (exact) mass is 247 g/mol. The Balaban J connectivity index is 2.37. The number of rotatable bonds is 3. The Morgan fingerprint density at radius 2 is 2.11 bits per heavy atom. The Morgan fingerprint density at radius 3 is 2.72 bits per heavy atom. The van der Waals surface area contributed by atoms with Crippen molar-refractivity contribution in [3.63, 3.8) is 0 Å². The first-order valence-electron chi connectivity index (χ1n) is 5.20. The third kappa shape index (κ3) is 2.45. The van der Waals surface area contributed by atoms with Gasteiger partial charge in [0.15, 0.2) is 0 Å². The minimum Gasteiger partial charge on any atom is -0.477 e. The second-order valence-electron chi connectivity index (χ2n) is 3.66. The average Bonchev–Trinajstić information content (AvgIpc) is 2.32. The van der Waals surface area contributed by atoms with E-state index in [1.165, 1.54) is 18.3 Å². The maximum absolute atomic E-state index is 13.4. The molecule has 0 bridgehead atoms. The molecule has 0 amide bonds. The lowest BCUT2D eigenvalue weighted by atomic mass is 10.2. The molecular weight excluding hydrogens is 237 g/mol. The van der Waals surface area contributed by atoms with Gasteiger partial charge in [0.1, 0.15) is 22.9 Å². The average molecular weight is 247 g/mol. The zero-order chi connectivity index (χ0) is 13.1. The molecule has 1 heterocycles. The number of hydrogen-bond donors (Lipinski definition) is 1. The number of aryl methyl sites for hydroxylation is 1. The number of aromatic nitrogens is 1. The number of pyridine rings is 1. The number of carboxylic acid groups (broad SMARTS) is 1. The number of carbonyl (C=O) groups is 1. The minimum atomic E-state index is -1.37. The Kier molecular flexibility index (Phi) is 3.23. The van der Waals surface area contributed by atoms with Gasteiger partial charge in [0.2, 0.25) is 0 Å². The van der Waals surface area contributed by atoms with Gasteiger partial charge in [-0.15, -0.1) is 0 Å². The van der Waals surface area contributed by atoms with Crippen molar-refractivity contribution < 1.29 is 19.0 Å². The van der Waals surface area contributed by atoms with Crippen molar-refractivity contribution in [3.05, 3.63) is 53.6 Å². The highest BCUT2D eigenvalue weighted by Gasteiger charge is 2.17. The largest absolute Gasteiger partial charge is 0.477 e. The molecule has 0 saturated carbocycles. The fraction of sp³-hybridized carbons (Fsp3) is 0.0769. The van der Waals surface area contributed by atoms with Gasteiger partial charge in [0, 0.05) is 5.69 Å². The van der Waals surface area contributed by atoms with Gasteiger partial charge in [-0.2, -0.15) is 0 Å². The molecule has 1 aromatic carbocycles. The lowest BCUT2D eigenvalue weighted by Gasteiger charge is -2.08. The molecule has 0 aliphatic rings. The van der Waals surface area contributed by atoms with Crippen molar-refractivity contribution in [2.75, 3.05) is 0 Å². The van der Waals surface area contributed by atoms with Crippen LogP contribution >= 0.6 is 0 Å². The summed E-state index contributed by atoms with van der Waals surface area (Å²) in [6, 6.07) is 7.21. The molecule has 2 aromatic rings. The molecule has 4 nitrogen and oxygen atoms in total. The van der Waals surface area contributed by atoms with E-state index in [-0.39, 0.29) is 5.75 Å². The summed E-state index contributed by atoms with van der Waals surface area (Å²) in [5.74, 6) is -1.90. The molecule has 0 unspecified atom stereocenters. The lowest BCUT2D eigenvalue weighted by molar-refractivity contribution is 0.0689. The summed E-state index contributed by atoms with van der Waals surface area (Å²) in [5.41, 5.74) is 0.318. The number of benzene rings is 1. The van der Waals surface area contributed by atoms with E-state index >= 15 is 0 Å². The standard InChI is InChI=1S/C13H10FNO3/c1-8-5-6-9(7-15-8)18-11-4-2-3-10(14)12(11)13(16)17/h2-7H,1H3,(H,16,17). The van der Waals surface area contributed by atoms with Crippen molar-refractivity contribution in [1.82, 2.24) is 4.98 Å². The van der Waals surface area contributed by atoms with E-state index < -0.39 is 17.3 Å². The number of carboxylic acids is 1. The summed E-state index contributed by atoms with van der Waals surface area (Å²) < 4.78 is 18.7. The second-order valence-corrected chi connectivity index (χ2v) is 3.66. The van der Waals surface area contributed by atoms with E-state index in [4.69, 9.17) is 9.84 Å². The van der Waals surface area contributed by atoms with Gasteiger partial charge in [0.25, 0.3) is 0 Å². The fourth-order valence-electron chi connectivity index (χ4n) is 1.44. The molecule has 18 heavy (non-hydrogen) atoms. The summed E-state index contributed by atoms with van der Waals surface area (Å²) in [5, 5.41) is 8.93. The van der Waals surface area contributed by atoms with Crippen LogP contribution < -0.4 is 4.74 Å². The van der Waals surface area contributed by atoms with Gasteiger partial charge in [-0.3, -0.25) is 4.98 Å². The molecule has 0 aliphatic heterocycles. The molecule has 2 rings (SSSR count).